The number of aliphatic hydroxyl groups is 4. The first-order valence-corrected chi connectivity index (χ1v) is 6.72. The van der Waals surface area contributed by atoms with Crippen LogP contribution in [0, 0.1) is 5.41 Å². The van der Waals surface area contributed by atoms with Crippen LogP contribution >= 0.6 is 63.7 Å². The molecule has 0 spiro atoms. The molecule has 0 aliphatic rings. The maximum Gasteiger partial charge on any atom is 0.124 e. The highest BCUT2D eigenvalue weighted by Gasteiger charge is 2.53. The van der Waals surface area contributed by atoms with Crippen LogP contribution in [0.4, 0.5) is 0 Å². The Bertz CT molecular complexity index is 123. The third-order valence-electron chi connectivity index (χ3n) is 1.65. The molecule has 0 radical (unpaired) electrons. The smallest absolute Gasteiger partial charge is 0.124 e. The average Bonchev–Trinajstić information content (AvgIpc) is 1.82. The highest BCUT2D eigenvalue weighted by molar-refractivity contribution is 9.11. The quantitative estimate of drug-likeness (QED) is 0.477. The van der Waals surface area contributed by atoms with Crippen LogP contribution < -0.4 is 0 Å². The first-order chi connectivity index (χ1) is 5.77. The van der Waals surface area contributed by atoms with E-state index in [2.05, 4.69) is 63.7 Å². The second kappa shape index (κ2) is 5.74. The summed E-state index contributed by atoms with van der Waals surface area (Å²) in [6, 6.07) is 0. The minimum absolute atomic E-state index is 1.31. The molecule has 4 nitrogen and oxygen atoms in total. The van der Waals surface area contributed by atoms with Gasteiger partial charge in [-0.1, -0.05) is 63.7 Å². The lowest BCUT2D eigenvalue weighted by atomic mass is 9.92. The molecular formula is C5H8Br4O4. The lowest BCUT2D eigenvalue weighted by Gasteiger charge is -2.39. The molecule has 0 heterocycles. The number of hydrogen-bond acceptors (Lipinski definition) is 4. The van der Waals surface area contributed by atoms with Gasteiger partial charge in [0.1, 0.15) is 25.5 Å². The van der Waals surface area contributed by atoms with E-state index in [0.717, 1.165) is 0 Å². The molecule has 8 heteroatoms. The van der Waals surface area contributed by atoms with Crippen LogP contribution in [0.5, 0.6) is 0 Å². The van der Waals surface area contributed by atoms with Crippen LogP contribution in [0.3, 0.4) is 0 Å². The molecule has 0 aliphatic carbocycles. The molecular weight excluding hydrogens is 444 g/mol. The van der Waals surface area contributed by atoms with E-state index >= 15 is 0 Å². The Morgan fingerprint density at radius 2 is 0.769 bits per heavy atom. The Balaban J connectivity index is 5.06. The normalized spacial score (nSPS) is 25.8. The van der Waals surface area contributed by atoms with Crippen molar-refractivity contribution in [2.24, 2.45) is 5.41 Å². The monoisotopic (exact) mass is 448 g/mol. The minimum atomic E-state index is -1.61. The molecule has 0 rings (SSSR count). The summed E-state index contributed by atoms with van der Waals surface area (Å²) in [4.78, 5) is 0. The zero-order valence-corrected chi connectivity index (χ0v) is 12.5. The van der Waals surface area contributed by atoms with Crippen molar-refractivity contribution in [2.75, 3.05) is 0 Å². The molecule has 0 amide bonds. The minimum Gasteiger partial charge on any atom is -0.381 e. The van der Waals surface area contributed by atoms with Gasteiger partial charge in [-0.3, -0.25) is 0 Å². The van der Waals surface area contributed by atoms with Gasteiger partial charge >= 0.3 is 0 Å². The average molecular weight is 452 g/mol. The summed E-state index contributed by atoms with van der Waals surface area (Å²) in [5.41, 5.74) is -1.61. The summed E-state index contributed by atoms with van der Waals surface area (Å²) >= 11 is 11.1. The van der Waals surface area contributed by atoms with Crippen LogP contribution in [0.25, 0.3) is 0 Å². The summed E-state index contributed by atoms with van der Waals surface area (Å²) in [5, 5.41) is 32.1. The van der Waals surface area contributed by atoms with Crippen LogP contribution in [0.2, 0.25) is 0 Å². The molecule has 0 aromatic heterocycles. The van der Waals surface area contributed by atoms with Crippen molar-refractivity contribution in [2.45, 2.75) is 20.1 Å². The molecule has 4 unspecified atom stereocenters. The predicted molar refractivity (Wildman–Crippen MR) is 62.2 cm³/mol. The van der Waals surface area contributed by atoms with Gasteiger partial charge in [-0.2, -0.15) is 0 Å². The predicted octanol–water partition coefficient (Wildman–Crippen LogP) is 0.826. The van der Waals surface area contributed by atoms with Gasteiger partial charge in [0, 0.05) is 0 Å². The van der Waals surface area contributed by atoms with Crippen molar-refractivity contribution in [1.29, 1.82) is 0 Å². The largest absolute Gasteiger partial charge is 0.381 e. The van der Waals surface area contributed by atoms with Gasteiger partial charge in [-0.05, 0) is 0 Å². The molecule has 0 fully saturated rings. The fraction of sp³-hybridized carbons (Fsp3) is 1.00. The van der Waals surface area contributed by atoms with E-state index in [-0.39, 0.29) is 0 Å². The molecule has 0 aromatic carbocycles. The van der Waals surface area contributed by atoms with Crippen molar-refractivity contribution in [3.8, 4) is 0 Å². The lowest BCUT2D eigenvalue weighted by Crippen LogP contribution is -2.53. The summed E-state index contributed by atoms with van der Waals surface area (Å²) in [7, 11) is 0. The lowest BCUT2D eigenvalue weighted by molar-refractivity contribution is -0.0779. The highest BCUT2D eigenvalue weighted by atomic mass is 79.9. The number of hydrogen-bond donors (Lipinski definition) is 4. The van der Waals surface area contributed by atoms with Crippen LogP contribution in [0.15, 0.2) is 0 Å². The Hall–Kier alpha value is 1.76. The Morgan fingerprint density at radius 1 is 0.615 bits per heavy atom. The van der Waals surface area contributed by atoms with E-state index in [1.54, 1.807) is 0 Å². The fourth-order valence-corrected chi connectivity index (χ4v) is 5.81. The zero-order valence-electron chi connectivity index (χ0n) is 6.11. The second-order valence-electron chi connectivity index (χ2n) is 2.34. The SMILES string of the molecule is OC(Br)C(C(O)Br)(C(O)Br)C(O)Br. The molecule has 13 heavy (non-hydrogen) atoms. The van der Waals surface area contributed by atoms with E-state index in [1.165, 1.54) is 0 Å². The first-order valence-electron chi connectivity index (χ1n) is 3.06. The Labute approximate surface area is 109 Å². The van der Waals surface area contributed by atoms with Crippen LogP contribution in [0.1, 0.15) is 0 Å². The van der Waals surface area contributed by atoms with Crippen molar-refractivity contribution in [1.82, 2.24) is 0 Å². The summed E-state index contributed by atoms with van der Waals surface area (Å²) in [6.07, 6.45) is 0. The molecule has 4 atom stereocenters. The van der Waals surface area contributed by atoms with E-state index < -0.39 is 25.5 Å². The second-order valence-corrected chi connectivity index (χ2v) is 5.81. The molecule has 0 aliphatic heterocycles. The Kier molecular flexibility index (Phi) is 6.51. The van der Waals surface area contributed by atoms with Crippen molar-refractivity contribution in [3.05, 3.63) is 0 Å². The van der Waals surface area contributed by atoms with E-state index in [9.17, 15) is 20.4 Å². The maximum atomic E-state index is 9.32. The topological polar surface area (TPSA) is 80.9 Å². The third-order valence-corrected chi connectivity index (χ3v) is 4.82. The van der Waals surface area contributed by atoms with Crippen LogP contribution in [-0.4, -0.2) is 40.5 Å². The molecule has 4 N–H and O–H groups in total. The van der Waals surface area contributed by atoms with Gasteiger partial charge < -0.3 is 20.4 Å². The number of halogens is 4. The highest BCUT2D eigenvalue weighted by Crippen LogP contribution is 2.44. The third kappa shape index (κ3) is 2.87. The molecule has 0 saturated heterocycles. The molecule has 0 aromatic rings. The van der Waals surface area contributed by atoms with Crippen molar-refractivity contribution >= 4 is 63.7 Å². The fourth-order valence-electron chi connectivity index (χ4n) is 0.681. The molecule has 0 saturated carbocycles. The van der Waals surface area contributed by atoms with Gasteiger partial charge in [-0.25, -0.2) is 0 Å². The zero-order chi connectivity index (χ0) is 10.8. The van der Waals surface area contributed by atoms with Gasteiger partial charge in [0.2, 0.25) is 0 Å². The first kappa shape index (κ1) is 14.8. The number of aliphatic hydroxyl groups excluding tert-OH is 4. The van der Waals surface area contributed by atoms with Gasteiger partial charge in [0.25, 0.3) is 0 Å². The standard InChI is InChI=1S/C5H8Br4O4/c6-1(10)5(2(7)11,3(8)12)4(9)13/h1-4,10-13H. The summed E-state index contributed by atoms with van der Waals surface area (Å²) in [5.74, 6) is 0. The van der Waals surface area contributed by atoms with Gasteiger partial charge in [-0.15, -0.1) is 0 Å². The van der Waals surface area contributed by atoms with Crippen molar-refractivity contribution in [3.63, 3.8) is 0 Å². The number of rotatable bonds is 4. The molecule has 0 bridgehead atoms. The van der Waals surface area contributed by atoms with E-state index in [1.807, 2.05) is 0 Å². The summed E-state index contributed by atoms with van der Waals surface area (Å²) < 4.78 is 0. The van der Waals surface area contributed by atoms with E-state index in [0.29, 0.717) is 0 Å². The van der Waals surface area contributed by atoms with Gasteiger partial charge in [0.05, 0.1) is 0 Å². The number of alkyl halides is 4. The van der Waals surface area contributed by atoms with E-state index in [4.69, 9.17) is 0 Å². The van der Waals surface area contributed by atoms with Crippen molar-refractivity contribution < 1.29 is 20.4 Å². The summed E-state index contributed by atoms with van der Waals surface area (Å²) in [6.45, 7) is 0. The maximum absolute atomic E-state index is 9.32. The van der Waals surface area contributed by atoms with Gasteiger partial charge in [0.15, 0.2) is 0 Å². The molecule has 80 valence electrons. The Morgan fingerprint density at radius 3 is 0.769 bits per heavy atom. The van der Waals surface area contributed by atoms with Crippen LogP contribution in [-0.2, 0) is 0 Å².